The summed E-state index contributed by atoms with van der Waals surface area (Å²) in [6, 6.07) is 8.06. The van der Waals surface area contributed by atoms with E-state index in [0.29, 0.717) is 13.2 Å². The molecule has 0 aromatic heterocycles. The SMILES string of the molecule is CN(CCOc1ccc(C(C)(C)C)cc1)C(C)(C)C(=O)O. The maximum absolute atomic E-state index is 11.1. The minimum atomic E-state index is -0.889. The highest BCUT2D eigenvalue weighted by atomic mass is 16.5. The number of hydrogen-bond acceptors (Lipinski definition) is 3. The number of carboxylic acid groups (broad SMARTS) is 1. The molecule has 0 saturated heterocycles. The summed E-state index contributed by atoms with van der Waals surface area (Å²) in [5.74, 6) is -0.0240. The molecule has 118 valence electrons. The first-order valence-electron chi connectivity index (χ1n) is 7.23. The zero-order chi connectivity index (χ0) is 16.3. The molecule has 0 amide bonds. The van der Waals surface area contributed by atoms with E-state index in [1.54, 1.807) is 25.8 Å². The van der Waals surface area contributed by atoms with Gasteiger partial charge in [-0.25, -0.2) is 0 Å². The quantitative estimate of drug-likeness (QED) is 0.875. The second-order valence-corrected chi connectivity index (χ2v) is 6.91. The molecule has 1 aromatic carbocycles. The molecule has 0 aliphatic heterocycles. The summed E-state index contributed by atoms with van der Waals surface area (Å²) >= 11 is 0. The van der Waals surface area contributed by atoms with Crippen LogP contribution in [-0.4, -0.2) is 41.7 Å². The van der Waals surface area contributed by atoms with E-state index in [1.807, 2.05) is 12.1 Å². The summed E-state index contributed by atoms with van der Waals surface area (Å²) in [5, 5.41) is 9.15. The Kier molecular flexibility index (Phi) is 5.40. The van der Waals surface area contributed by atoms with Crippen LogP contribution in [0, 0.1) is 0 Å². The van der Waals surface area contributed by atoms with Gasteiger partial charge in [0, 0.05) is 6.54 Å². The van der Waals surface area contributed by atoms with Gasteiger partial charge in [0.1, 0.15) is 17.9 Å². The summed E-state index contributed by atoms with van der Waals surface area (Å²) in [7, 11) is 1.79. The van der Waals surface area contributed by atoms with Crippen LogP contribution in [0.2, 0.25) is 0 Å². The Morgan fingerprint density at radius 2 is 1.67 bits per heavy atom. The number of likely N-dealkylation sites (N-methyl/N-ethyl adjacent to an activating group) is 1. The van der Waals surface area contributed by atoms with Crippen LogP contribution in [0.1, 0.15) is 40.2 Å². The normalized spacial score (nSPS) is 12.5. The Balaban J connectivity index is 2.52. The molecule has 0 fully saturated rings. The molecule has 0 saturated carbocycles. The highest BCUT2D eigenvalue weighted by Crippen LogP contribution is 2.24. The van der Waals surface area contributed by atoms with Gasteiger partial charge in [0.25, 0.3) is 0 Å². The molecule has 1 aromatic rings. The van der Waals surface area contributed by atoms with Gasteiger partial charge >= 0.3 is 5.97 Å². The van der Waals surface area contributed by atoms with E-state index in [2.05, 4.69) is 32.9 Å². The molecule has 0 unspecified atom stereocenters. The van der Waals surface area contributed by atoms with E-state index < -0.39 is 11.5 Å². The number of ether oxygens (including phenoxy) is 1. The Morgan fingerprint density at radius 3 is 2.10 bits per heavy atom. The first-order chi connectivity index (χ1) is 9.55. The lowest BCUT2D eigenvalue weighted by Crippen LogP contribution is -2.49. The molecule has 0 radical (unpaired) electrons. The summed E-state index contributed by atoms with van der Waals surface area (Å²) in [4.78, 5) is 12.9. The molecule has 4 heteroatoms. The smallest absolute Gasteiger partial charge is 0.323 e. The van der Waals surface area contributed by atoms with E-state index >= 15 is 0 Å². The first-order valence-corrected chi connectivity index (χ1v) is 7.23. The van der Waals surface area contributed by atoms with Crippen LogP contribution in [0.25, 0.3) is 0 Å². The highest BCUT2D eigenvalue weighted by Gasteiger charge is 2.31. The van der Waals surface area contributed by atoms with Crippen molar-refractivity contribution in [3.05, 3.63) is 29.8 Å². The molecule has 0 aliphatic carbocycles. The third kappa shape index (κ3) is 4.74. The minimum absolute atomic E-state index is 0.129. The fraction of sp³-hybridized carbons (Fsp3) is 0.588. The summed E-state index contributed by atoms with van der Waals surface area (Å²) < 4.78 is 5.68. The monoisotopic (exact) mass is 293 g/mol. The standard InChI is InChI=1S/C17H27NO3/c1-16(2,3)13-7-9-14(10-8-13)21-12-11-18(6)17(4,5)15(19)20/h7-10H,11-12H2,1-6H3,(H,19,20). The van der Waals surface area contributed by atoms with Gasteiger partial charge in [0.05, 0.1) is 0 Å². The van der Waals surface area contributed by atoms with Gasteiger partial charge in [0.2, 0.25) is 0 Å². The van der Waals surface area contributed by atoms with E-state index in [0.717, 1.165) is 5.75 Å². The zero-order valence-corrected chi connectivity index (χ0v) is 13.9. The second kappa shape index (κ2) is 6.48. The lowest BCUT2D eigenvalue weighted by Gasteiger charge is -2.31. The third-order valence-corrected chi connectivity index (χ3v) is 3.89. The summed E-state index contributed by atoms with van der Waals surface area (Å²) in [6.07, 6.45) is 0. The first kappa shape index (κ1) is 17.5. The van der Waals surface area contributed by atoms with Crippen molar-refractivity contribution in [2.75, 3.05) is 20.2 Å². The number of rotatable bonds is 6. The largest absolute Gasteiger partial charge is 0.492 e. The average molecular weight is 293 g/mol. The van der Waals surface area contributed by atoms with E-state index in [1.165, 1.54) is 5.56 Å². The molecular formula is C17H27NO3. The van der Waals surface area contributed by atoms with E-state index in [-0.39, 0.29) is 5.41 Å². The lowest BCUT2D eigenvalue weighted by molar-refractivity contribution is -0.148. The van der Waals surface area contributed by atoms with Gasteiger partial charge < -0.3 is 9.84 Å². The van der Waals surface area contributed by atoms with Gasteiger partial charge in [-0.15, -0.1) is 0 Å². The van der Waals surface area contributed by atoms with Crippen molar-refractivity contribution < 1.29 is 14.6 Å². The van der Waals surface area contributed by atoms with Crippen molar-refractivity contribution in [3.8, 4) is 5.75 Å². The number of benzene rings is 1. The zero-order valence-electron chi connectivity index (χ0n) is 13.9. The number of hydrogen-bond donors (Lipinski definition) is 1. The molecule has 0 aliphatic rings. The topological polar surface area (TPSA) is 49.8 Å². The Hall–Kier alpha value is -1.55. The Bertz CT molecular complexity index is 472. The Morgan fingerprint density at radius 1 is 1.14 bits per heavy atom. The molecule has 1 rings (SSSR count). The molecule has 0 atom stereocenters. The van der Waals surface area contributed by atoms with Gasteiger partial charge in [0.15, 0.2) is 0 Å². The van der Waals surface area contributed by atoms with Crippen LogP contribution in [0.15, 0.2) is 24.3 Å². The summed E-state index contributed by atoms with van der Waals surface area (Å²) in [6.45, 7) is 10.9. The number of carboxylic acids is 1. The lowest BCUT2D eigenvalue weighted by atomic mass is 9.87. The maximum Gasteiger partial charge on any atom is 0.323 e. The van der Waals surface area contributed by atoms with Gasteiger partial charge in [-0.1, -0.05) is 32.9 Å². The molecule has 0 bridgehead atoms. The third-order valence-electron chi connectivity index (χ3n) is 3.89. The van der Waals surface area contributed by atoms with Crippen LogP contribution in [0.4, 0.5) is 0 Å². The Labute approximate surface area is 127 Å². The predicted octanol–water partition coefficient (Wildman–Crippen LogP) is 3.16. The molecule has 0 heterocycles. The fourth-order valence-electron chi connectivity index (χ4n) is 1.79. The molecule has 21 heavy (non-hydrogen) atoms. The number of carbonyl (C=O) groups is 1. The molecular weight excluding hydrogens is 266 g/mol. The average Bonchev–Trinajstić information content (AvgIpc) is 2.37. The highest BCUT2D eigenvalue weighted by molar-refractivity contribution is 5.77. The van der Waals surface area contributed by atoms with E-state index in [9.17, 15) is 4.79 Å². The second-order valence-electron chi connectivity index (χ2n) is 6.91. The van der Waals surface area contributed by atoms with Crippen molar-refractivity contribution in [3.63, 3.8) is 0 Å². The van der Waals surface area contributed by atoms with Crippen molar-refractivity contribution >= 4 is 5.97 Å². The van der Waals surface area contributed by atoms with Crippen LogP contribution >= 0.6 is 0 Å². The fourth-order valence-corrected chi connectivity index (χ4v) is 1.79. The number of aliphatic carboxylic acids is 1. The predicted molar refractivity (Wildman–Crippen MR) is 85.0 cm³/mol. The van der Waals surface area contributed by atoms with Crippen LogP contribution in [0.3, 0.4) is 0 Å². The van der Waals surface area contributed by atoms with Crippen molar-refractivity contribution in [2.24, 2.45) is 0 Å². The number of nitrogens with zero attached hydrogens (tertiary/aromatic N) is 1. The summed E-state index contributed by atoms with van der Waals surface area (Å²) in [5.41, 5.74) is 0.503. The van der Waals surface area contributed by atoms with Crippen molar-refractivity contribution in [2.45, 2.75) is 45.6 Å². The van der Waals surface area contributed by atoms with Crippen LogP contribution < -0.4 is 4.74 Å². The van der Waals surface area contributed by atoms with Gasteiger partial charge in [-0.05, 0) is 44.0 Å². The van der Waals surface area contributed by atoms with E-state index in [4.69, 9.17) is 9.84 Å². The molecule has 1 N–H and O–H groups in total. The van der Waals surface area contributed by atoms with Gasteiger partial charge in [-0.3, -0.25) is 9.69 Å². The minimum Gasteiger partial charge on any atom is -0.492 e. The van der Waals surface area contributed by atoms with Gasteiger partial charge in [-0.2, -0.15) is 0 Å². The molecule has 4 nitrogen and oxygen atoms in total. The van der Waals surface area contributed by atoms with Crippen molar-refractivity contribution in [1.29, 1.82) is 0 Å². The molecule has 0 spiro atoms. The van der Waals surface area contributed by atoms with Crippen LogP contribution in [-0.2, 0) is 10.2 Å². The van der Waals surface area contributed by atoms with Crippen LogP contribution in [0.5, 0.6) is 5.75 Å². The van der Waals surface area contributed by atoms with Crippen molar-refractivity contribution in [1.82, 2.24) is 4.90 Å². The maximum atomic E-state index is 11.1.